The molecule has 1 aromatic heterocycles. The largest absolute Gasteiger partial charge is 0.337 e. The second-order valence-electron chi connectivity index (χ2n) is 5.76. The van der Waals surface area contributed by atoms with Crippen LogP contribution in [0.5, 0.6) is 0 Å². The predicted octanol–water partition coefficient (Wildman–Crippen LogP) is 1.41. The Labute approximate surface area is 113 Å². The fourth-order valence-electron chi connectivity index (χ4n) is 2.31. The standard InChI is InChI=1S/C13H21N5O/c1-13(2)6-3-8-18(9-7-13)12(19)10-4-5-11(15-14)17-16-10/h4-5H,3,6-9,14H2,1-2H3,(H,15,17). The molecule has 1 amide bonds. The van der Waals surface area contributed by atoms with Gasteiger partial charge in [-0.1, -0.05) is 13.8 Å². The van der Waals surface area contributed by atoms with E-state index in [2.05, 4.69) is 29.5 Å². The highest BCUT2D eigenvalue weighted by Gasteiger charge is 2.26. The first kappa shape index (κ1) is 13.7. The molecular weight excluding hydrogens is 242 g/mol. The summed E-state index contributed by atoms with van der Waals surface area (Å²) in [7, 11) is 0. The summed E-state index contributed by atoms with van der Waals surface area (Å²) in [5.74, 6) is 5.63. The molecule has 19 heavy (non-hydrogen) atoms. The summed E-state index contributed by atoms with van der Waals surface area (Å²) in [6.07, 6.45) is 3.21. The topological polar surface area (TPSA) is 84.1 Å². The average molecular weight is 263 g/mol. The van der Waals surface area contributed by atoms with E-state index in [9.17, 15) is 4.79 Å². The average Bonchev–Trinajstić information content (AvgIpc) is 2.59. The third-order valence-electron chi connectivity index (χ3n) is 3.66. The van der Waals surface area contributed by atoms with E-state index in [1.807, 2.05) is 4.90 Å². The molecule has 2 rings (SSSR count). The van der Waals surface area contributed by atoms with Crippen molar-refractivity contribution in [1.29, 1.82) is 0 Å². The molecular formula is C13H21N5O. The zero-order valence-electron chi connectivity index (χ0n) is 11.5. The number of carbonyl (C=O) groups is 1. The first-order valence-corrected chi connectivity index (χ1v) is 6.61. The van der Waals surface area contributed by atoms with Crippen molar-refractivity contribution in [2.24, 2.45) is 11.3 Å². The molecule has 1 aliphatic rings. The number of carbonyl (C=O) groups excluding carboxylic acids is 1. The lowest BCUT2D eigenvalue weighted by atomic mass is 9.85. The van der Waals surface area contributed by atoms with Gasteiger partial charge >= 0.3 is 0 Å². The van der Waals surface area contributed by atoms with E-state index in [0.717, 1.165) is 32.4 Å². The summed E-state index contributed by atoms with van der Waals surface area (Å²) in [6.45, 7) is 6.08. The Morgan fingerprint density at radius 3 is 2.74 bits per heavy atom. The molecule has 1 fully saturated rings. The van der Waals surface area contributed by atoms with Crippen LogP contribution in [0.2, 0.25) is 0 Å². The summed E-state index contributed by atoms with van der Waals surface area (Å²) in [6, 6.07) is 3.31. The number of hydrazine groups is 1. The van der Waals surface area contributed by atoms with Crippen LogP contribution in [-0.2, 0) is 0 Å². The maximum atomic E-state index is 12.3. The van der Waals surface area contributed by atoms with Crippen molar-refractivity contribution in [3.05, 3.63) is 17.8 Å². The molecule has 0 unspecified atom stereocenters. The highest BCUT2D eigenvalue weighted by molar-refractivity contribution is 5.92. The number of nitrogens with one attached hydrogen (secondary N) is 1. The second kappa shape index (κ2) is 5.52. The molecule has 0 bridgehead atoms. The van der Waals surface area contributed by atoms with Crippen LogP contribution in [-0.4, -0.2) is 34.1 Å². The molecule has 1 saturated heterocycles. The molecule has 0 radical (unpaired) electrons. The van der Waals surface area contributed by atoms with Crippen LogP contribution in [0.4, 0.5) is 5.82 Å². The third-order valence-corrected chi connectivity index (χ3v) is 3.66. The van der Waals surface area contributed by atoms with E-state index in [-0.39, 0.29) is 5.91 Å². The number of aromatic nitrogens is 2. The van der Waals surface area contributed by atoms with Crippen LogP contribution in [0, 0.1) is 5.41 Å². The first-order chi connectivity index (χ1) is 9.02. The Kier molecular flexibility index (Phi) is 3.99. The minimum Gasteiger partial charge on any atom is -0.337 e. The normalized spacial score (nSPS) is 18.8. The lowest BCUT2D eigenvalue weighted by Gasteiger charge is -2.23. The van der Waals surface area contributed by atoms with Gasteiger partial charge in [-0.2, -0.15) is 0 Å². The molecule has 6 nitrogen and oxygen atoms in total. The maximum Gasteiger partial charge on any atom is 0.274 e. The molecule has 104 valence electrons. The number of rotatable bonds is 2. The third kappa shape index (κ3) is 3.41. The molecule has 0 aliphatic carbocycles. The van der Waals surface area contributed by atoms with Gasteiger partial charge in [0.05, 0.1) is 0 Å². The zero-order chi connectivity index (χ0) is 13.9. The molecule has 6 heteroatoms. The number of nitrogen functional groups attached to an aromatic ring is 1. The fraction of sp³-hybridized carbons (Fsp3) is 0.615. The van der Waals surface area contributed by atoms with Crippen molar-refractivity contribution < 1.29 is 4.79 Å². The van der Waals surface area contributed by atoms with Crippen molar-refractivity contribution >= 4 is 11.7 Å². The first-order valence-electron chi connectivity index (χ1n) is 6.61. The van der Waals surface area contributed by atoms with Gasteiger partial charge in [-0.25, -0.2) is 5.84 Å². The van der Waals surface area contributed by atoms with E-state index in [1.165, 1.54) is 0 Å². The Morgan fingerprint density at radius 2 is 2.11 bits per heavy atom. The Morgan fingerprint density at radius 1 is 1.32 bits per heavy atom. The lowest BCUT2D eigenvalue weighted by Crippen LogP contribution is -2.33. The summed E-state index contributed by atoms with van der Waals surface area (Å²) in [4.78, 5) is 14.2. The smallest absolute Gasteiger partial charge is 0.274 e. The molecule has 0 saturated carbocycles. The number of hydrogen-bond acceptors (Lipinski definition) is 5. The quantitative estimate of drug-likeness (QED) is 0.622. The molecule has 3 N–H and O–H groups in total. The zero-order valence-corrected chi connectivity index (χ0v) is 11.5. The van der Waals surface area contributed by atoms with Crippen LogP contribution in [0.1, 0.15) is 43.6 Å². The SMILES string of the molecule is CC1(C)CCCN(C(=O)c2ccc(NN)nn2)CC1. The number of anilines is 1. The van der Waals surface area contributed by atoms with Gasteiger partial charge in [0.2, 0.25) is 0 Å². The van der Waals surface area contributed by atoms with E-state index < -0.39 is 0 Å². The number of likely N-dealkylation sites (tertiary alicyclic amines) is 1. The number of hydrogen-bond donors (Lipinski definition) is 2. The second-order valence-corrected chi connectivity index (χ2v) is 5.76. The number of nitrogens with zero attached hydrogens (tertiary/aromatic N) is 3. The van der Waals surface area contributed by atoms with Gasteiger partial charge in [0.15, 0.2) is 11.5 Å². The van der Waals surface area contributed by atoms with Crippen LogP contribution < -0.4 is 11.3 Å². The lowest BCUT2D eigenvalue weighted by molar-refractivity contribution is 0.0750. The number of nitrogens with two attached hydrogens (primary N) is 1. The maximum absolute atomic E-state index is 12.3. The van der Waals surface area contributed by atoms with Crippen LogP contribution in [0.25, 0.3) is 0 Å². The van der Waals surface area contributed by atoms with Gasteiger partial charge in [-0.3, -0.25) is 4.79 Å². The van der Waals surface area contributed by atoms with Crippen molar-refractivity contribution in [3.8, 4) is 0 Å². The molecule has 1 aliphatic heterocycles. The van der Waals surface area contributed by atoms with Gasteiger partial charge in [-0.15, -0.1) is 10.2 Å². The van der Waals surface area contributed by atoms with Crippen molar-refractivity contribution in [3.63, 3.8) is 0 Å². The van der Waals surface area contributed by atoms with Gasteiger partial charge in [0.1, 0.15) is 0 Å². The van der Waals surface area contributed by atoms with Crippen LogP contribution in [0.3, 0.4) is 0 Å². The predicted molar refractivity (Wildman–Crippen MR) is 73.4 cm³/mol. The van der Waals surface area contributed by atoms with E-state index in [0.29, 0.717) is 16.9 Å². The Bertz CT molecular complexity index is 443. The molecule has 2 heterocycles. The molecule has 0 spiro atoms. The van der Waals surface area contributed by atoms with E-state index in [4.69, 9.17) is 5.84 Å². The molecule has 1 aromatic rings. The van der Waals surface area contributed by atoms with Crippen LogP contribution in [0.15, 0.2) is 12.1 Å². The summed E-state index contributed by atoms with van der Waals surface area (Å²) in [5, 5.41) is 7.74. The summed E-state index contributed by atoms with van der Waals surface area (Å²) in [5.41, 5.74) is 3.08. The fourth-order valence-corrected chi connectivity index (χ4v) is 2.31. The van der Waals surface area contributed by atoms with Gasteiger partial charge in [0.25, 0.3) is 5.91 Å². The Balaban J connectivity index is 2.06. The highest BCUT2D eigenvalue weighted by Crippen LogP contribution is 2.30. The minimum atomic E-state index is -0.0474. The van der Waals surface area contributed by atoms with Crippen LogP contribution >= 0.6 is 0 Å². The molecule has 0 aromatic carbocycles. The van der Waals surface area contributed by atoms with E-state index >= 15 is 0 Å². The van der Waals surface area contributed by atoms with Crippen molar-refractivity contribution in [2.45, 2.75) is 33.1 Å². The minimum absolute atomic E-state index is 0.0474. The van der Waals surface area contributed by atoms with Gasteiger partial charge < -0.3 is 10.3 Å². The van der Waals surface area contributed by atoms with Gasteiger partial charge in [0, 0.05) is 13.1 Å². The summed E-state index contributed by atoms with van der Waals surface area (Å²) < 4.78 is 0. The van der Waals surface area contributed by atoms with Crippen molar-refractivity contribution in [2.75, 3.05) is 18.5 Å². The highest BCUT2D eigenvalue weighted by atomic mass is 16.2. The Hall–Kier alpha value is -1.69. The number of amides is 1. The molecule has 0 atom stereocenters. The van der Waals surface area contributed by atoms with Crippen molar-refractivity contribution in [1.82, 2.24) is 15.1 Å². The van der Waals surface area contributed by atoms with Gasteiger partial charge in [-0.05, 0) is 36.8 Å². The van der Waals surface area contributed by atoms with E-state index in [1.54, 1.807) is 12.1 Å². The monoisotopic (exact) mass is 263 g/mol. The summed E-state index contributed by atoms with van der Waals surface area (Å²) >= 11 is 0.